The van der Waals surface area contributed by atoms with Crippen LogP contribution in [0.4, 0.5) is 0 Å². The number of ketones is 1. The Morgan fingerprint density at radius 1 is 1.28 bits per heavy atom. The van der Waals surface area contributed by atoms with E-state index in [1.165, 1.54) is 17.3 Å². The van der Waals surface area contributed by atoms with Crippen LogP contribution in [0.5, 0.6) is 0 Å². The van der Waals surface area contributed by atoms with Crippen LogP contribution in [0, 0.1) is 0 Å². The summed E-state index contributed by atoms with van der Waals surface area (Å²) >= 11 is 0. The minimum atomic E-state index is -0.582. The number of hydrogen-bond donors (Lipinski definition) is 0. The van der Waals surface area contributed by atoms with Gasteiger partial charge in [0.25, 0.3) is 11.7 Å². The standard InChI is InChI=1S/C12H15N3O3/c1-2-9-10(14-4-3-13-9)11(16)12(17)15-5-7-18-8-6-15/h3-4H,2,5-8H2,1H3. The van der Waals surface area contributed by atoms with Gasteiger partial charge < -0.3 is 9.64 Å². The average molecular weight is 249 g/mol. The molecule has 0 N–H and O–H groups in total. The molecule has 0 aliphatic carbocycles. The third kappa shape index (κ3) is 2.53. The summed E-state index contributed by atoms with van der Waals surface area (Å²) in [7, 11) is 0. The number of morpholine rings is 1. The molecule has 0 radical (unpaired) electrons. The zero-order chi connectivity index (χ0) is 13.0. The highest BCUT2D eigenvalue weighted by Crippen LogP contribution is 2.07. The largest absolute Gasteiger partial charge is 0.378 e. The lowest BCUT2D eigenvalue weighted by Crippen LogP contribution is -2.44. The fourth-order valence-corrected chi connectivity index (χ4v) is 1.83. The van der Waals surface area contributed by atoms with Gasteiger partial charge in [-0.15, -0.1) is 0 Å². The summed E-state index contributed by atoms with van der Waals surface area (Å²) in [6.07, 6.45) is 3.53. The molecule has 6 heteroatoms. The monoisotopic (exact) mass is 249 g/mol. The van der Waals surface area contributed by atoms with E-state index in [0.717, 1.165) is 0 Å². The van der Waals surface area contributed by atoms with Crippen LogP contribution < -0.4 is 0 Å². The molecule has 0 atom stereocenters. The lowest BCUT2D eigenvalue weighted by atomic mass is 10.1. The highest BCUT2D eigenvalue weighted by Gasteiger charge is 2.27. The van der Waals surface area contributed by atoms with Gasteiger partial charge in [0.1, 0.15) is 5.69 Å². The van der Waals surface area contributed by atoms with Gasteiger partial charge in [0.2, 0.25) is 0 Å². The molecule has 2 heterocycles. The van der Waals surface area contributed by atoms with Gasteiger partial charge in [0.15, 0.2) is 0 Å². The summed E-state index contributed by atoms with van der Waals surface area (Å²) in [6, 6.07) is 0. The van der Waals surface area contributed by atoms with Crippen molar-refractivity contribution >= 4 is 11.7 Å². The fraction of sp³-hybridized carbons (Fsp3) is 0.500. The summed E-state index contributed by atoms with van der Waals surface area (Å²) in [6.45, 7) is 3.72. The van der Waals surface area contributed by atoms with Crippen molar-refractivity contribution in [1.82, 2.24) is 14.9 Å². The number of aromatic nitrogens is 2. The molecule has 2 rings (SSSR count). The second-order valence-electron chi connectivity index (χ2n) is 3.94. The Labute approximate surface area is 105 Å². The van der Waals surface area contributed by atoms with E-state index in [9.17, 15) is 9.59 Å². The molecule has 1 aromatic heterocycles. The van der Waals surface area contributed by atoms with Crippen LogP contribution in [0.15, 0.2) is 12.4 Å². The normalized spacial score (nSPS) is 15.5. The van der Waals surface area contributed by atoms with Gasteiger partial charge in [-0.05, 0) is 6.42 Å². The summed E-state index contributed by atoms with van der Waals surface area (Å²) < 4.78 is 5.15. The van der Waals surface area contributed by atoms with Gasteiger partial charge >= 0.3 is 0 Å². The molecular weight excluding hydrogens is 234 g/mol. The van der Waals surface area contributed by atoms with Crippen molar-refractivity contribution in [3.8, 4) is 0 Å². The van der Waals surface area contributed by atoms with Gasteiger partial charge in [-0.25, -0.2) is 4.98 Å². The van der Waals surface area contributed by atoms with Crippen LogP contribution in [0.1, 0.15) is 23.1 Å². The summed E-state index contributed by atoms with van der Waals surface area (Å²) in [4.78, 5) is 33.7. The van der Waals surface area contributed by atoms with Crippen LogP contribution in [0.3, 0.4) is 0 Å². The molecule has 0 saturated carbocycles. The van der Waals surface area contributed by atoms with Gasteiger partial charge in [-0.3, -0.25) is 14.6 Å². The van der Waals surface area contributed by atoms with Crippen LogP contribution in [-0.2, 0) is 16.0 Å². The van der Waals surface area contributed by atoms with Crippen LogP contribution in [-0.4, -0.2) is 52.9 Å². The lowest BCUT2D eigenvalue weighted by molar-refractivity contribution is -0.130. The molecule has 0 aromatic carbocycles. The zero-order valence-corrected chi connectivity index (χ0v) is 10.3. The van der Waals surface area contributed by atoms with Crippen molar-refractivity contribution in [2.75, 3.05) is 26.3 Å². The fourth-order valence-electron chi connectivity index (χ4n) is 1.83. The Kier molecular flexibility index (Phi) is 3.99. The number of carbonyl (C=O) groups is 2. The molecular formula is C12H15N3O3. The number of rotatable bonds is 3. The van der Waals surface area contributed by atoms with E-state index in [4.69, 9.17) is 4.74 Å². The lowest BCUT2D eigenvalue weighted by Gasteiger charge is -2.26. The van der Waals surface area contributed by atoms with Crippen molar-refractivity contribution in [3.05, 3.63) is 23.8 Å². The predicted molar refractivity (Wildman–Crippen MR) is 63.1 cm³/mol. The number of amides is 1. The first-order valence-electron chi connectivity index (χ1n) is 5.95. The number of hydrogen-bond acceptors (Lipinski definition) is 5. The van der Waals surface area contributed by atoms with Gasteiger partial charge in [-0.1, -0.05) is 6.92 Å². The predicted octanol–water partition coefficient (Wildman–Crippen LogP) is 0.0805. The van der Waals surface area contributed by atoms with E-state index in [2.05, 4.69) is 9.97 Å². The van der Waals surface area contributed by atoms with Crippen LogP contribution >= 0.6 is 0 Å². The first-order chi connectivity index (χ1) is 8.74. The SMILES string of the molecule is CCc1nccnc1C(=O)C(=O)N1CCOCC1. The Morgan fingerprint density at radius 2 is 1.94 bits per heavy atom. The first-order valence-corrected chi connectivity index (χ1v) is 5.95. The van der Waals surface area contributed by atoms with E-state index in [-0.39, 0.29) is 5.69 Å². The number of nitrogens with zero attached hydrogens (tertiary/aromatic N) is 3. The zero-order valence-electron chi connectivity index (χ0n) is 10.3. The quantitative estimate of drug-likeness (QED) is 0.560. The van der Waals surface area contributed by atoms with E-state index < -0.39 is 11.7 Å². The summed E-state index contributed by atoms with van der Waals surface area (Å²) in [5.74, 6) is -1.10. The highest BCUT2D eigenvalue weighted by atomic mass is 16.5. The Balaban J connectivity index is 2.17. The highest BCUT2D eigenvalue weighted by molar-refractivity contribution is 6.42. The maximum Gasteiger partial charge on any atom is 0.296 e. The van der Waals surface area contributed by atoms with Crippen molar-refractivity contribution in [3.63, 3.8) is 0 Å². The molecule has 6 nitrogen and oxygen atoms in total. The second-order valence-corrected chi connectivity index (χ2v) is 3.94. The van der Waals surface area contributed by atoms with E-state index >= 15 is 0 Å². The number of ether oxygens (including phenoxy) is 1. The van der Waals surface area contributed by atoms with Gasteiger partial charge in [-0.2, -0.15) is 0 Å². The molecule has 0 bridgehead atoms. The molecule has 1 aliphatic heterocycles. The van der Waals surface area contributed by atoms with Crippen molar-refractivity contribution in [2.45, 2.75) is 13.3 Å². The van der Waals surface area contributed by atoms with Gasteiger partial charge in [0.05, 0.1) is 18.9 Å². The van der Waals surface area contributed by atoms with Crippen LogP contribution in [0.2, 0.25) is 0 Å². The second kappa shape index (κ2) is 5.68. The van der Waals surface area contributed by atoms with Crippen LogP contribution in [0.25, 0.3) is 0 Å². The molecule has 1 fully saturated rings. The molecule has 96 valence electrons. The van der Waals surface area contributed by atoms with E-state index in [1.807, 2.05) is 6.92 Å². The molecule has 0 unspecified atom stereocenters. The Bertz CT molecular complexity index is 456. The number of aryl methyl sites for hydroxylation is 1. The summed E-state index contributed by atoms with van der Waals surface area (Å²) in [5.41, 5.74) is 0.723. The molecule has 1 aromatic rings. The molecule has 0 spiro atoms. The van der Waals surface area contributed by atoms with E-state index in [1.54, 1.807) is 0 Å². The average Bonchev–Trinajstić information content (AvgIpc) is 2.46. The topological polar surface area (TPSA) is 72.4 Å². The van der Waals surface area contributed by atoms with Crippen molar-refractivity contribution < 1.29 is 14.3 Å². The minimum absolute atomic E-state index is 0.163. The third-order valence-electron chi connectivity index (χ3n) is 2.82. The molecule has 18 heavy (non-hydrogen) atoms. The molecule has 1 aliphatic rings. The van der Waals surface area contributed by atoms with Crippen molar-refractivity contribution in [1.29, 1.82) is 0 Å². The van der Waals surface area contributed by atoms with Gasteiger partial charge in [0, 0.05) is 25.5 Å². The maximum absolute atomic E-state index is 12.1. The smallest absolute Gasteiger partial charge is 0.296 e. The van der Waals surface area contributed by atoms with Crippen molar-refractivity contribution in [2.24, 2.45) is 0 Å². The maximum atomic E-state index is 12.1. The van der Waals surface area contributed by atoms with E-state index in [0.29, 0.717) is 38.4 Å². The Hall–Kier alpha value is -1.82. The number of Topliss-reactive ketones (excluding diaryl/α,β-unsaturated/α-hetero) is 1. The third-order valence-corrected chi connectivity index (χ3v) is 2.82. The number of carbonyl (C=O) groups excluding carboxylic acids is 2. The molecule has 1 saturated heterocycles. The Morgan fingerprint density at radius 3 is 2.61 bits per heavy atom. The minimum Gasteiger partial charge on any atom is -0.378 e. The summed E-state index contributed by atoms with van der Waals surface area (Å²) in [5, 5.41) is 0. The molecule has 1 amide bonds. The first kappa shape index (κ1) is 12.6.